The maximum Gasteiger partial charge on any atom is 0.269 e. The molecule has 8 heteroatoms. The van der Waals surface area contributed by atoms with Crippen molar-refractivity contribution in [1.29, 1.82) is 0 Å². The fourth-order valence-electron chi connectivity index (χ4n) is 2.32. The number of ether oxygens (including phenoxy) is 1. The first-order chi connectivity index (χ1) is 12.4. The number of nitrogens with one attached hydrogen (secondary N) is 1. The van der Waals surface area contributed by atoms with Gasteiger partial charge in [-0.05, 0) is 43.3 Å². The second-order valence-electron chi connectivity index (χ2n) is 5.91. The van der Waals surface area contributed by atoms with Gasteiger partial charge in [-0.1, -0.05) is 12.1 Å². The smallest absolute Gasteiger partial charge is 0.269 e. The summed E-state index contributed by atoms with van der Waals surface area (Å²) in [4.78, 5) is 12.3. The Morgan fingerprint density at radius 3 is 2.35 bits per heavy atom. The number of rotatable bonds is 10. The van der Waals surface area contributed by atoms with Gasteiger partial charge < -0.3 is 14.4 Å². The van der Waals surface area contributed by atoms with Gasteiger partial charge in [0.15, 0.2) is 0 Å². The van der Waals surface area contributed by atoms with Crippen LogP contribution in [0.2, 0.25) is 0 Å². The van der Waals surface area contributed by atoms with Gasteiger partial charge in [-0.2, -0.15) is 0 Å². The summed E-state index contributed by atoms with van der Waals surface area (Å²) in [6, 6.07) is 14.0. The molecule has 0 bridgehead atoms. The molecule has 2 aromatic carbocycles. The number of nitrogens with zero attached hydrogens (tertiary/aromatic N) is 2. The van der Waals surface area contributed by atoms with Crippen molar-refractivity contribution in [2.24, 2.45) is 0 Å². The van der Waals surface area contributed by atoms with E-state index in [-0.39, 0.29) is 5.69 Å². The van der Waals surface area contributed by atoms with Crippen LogP contribution in [0.5, 0.6) is 5.75 Å². The predicted octanol–water partition coefficient (Wildman–Crippen LogP) is 2.85. The van der Waals surface area contributed by atoms with Crippen LogP contribution in [-0.2, 0) is 17.4 Å². The Bertz CT molecular complexity index is 735. The molecule has 0 heterocycles. The van der Waals surface area contributed by atoms with Crippen LogP contribution < -0.4 is 9.46 Å². The fraction of sp³-hybridized carbons (Fsp3) is 0.333. The van der Waals surface area contributed by atoms with Crippen LogP contribution in [0.15, 0.2) is 48.5 Å². The summed E-state index contributed by atoms with van der Waals surface area (Å²) in [7, 11) is 0.960. The monoisotopic (exact) mass is 377 g/mol. The molecular weight excluding hydrogens is 354 g/mol. The zero-order valence-corrected chi connectivity index (χ0v) is 15.7. The van der Waals surface area contributed by atoms with Crippen LogP contribution in [0.1, 0.15) is 5.56 Å². The Labute approximate surface area is 155 Å². The number of nitro groups is 1. The molecule has 0 aromatic heterocycles. The molecule has 0 spiro atoms. The topological polar surface area (TPSA) is 84.7 Å². The fourth-order valence-corrected chi connectivity index (χ4v) is 2.79. The minimum Gasteiger partial charge on any atom is -0.492 e. The quantitative estimate of drug-likeness (QED) is 0.508. The van der Waals surface area contributed by atoms with Gasteiger partial charge >= 0.3 is 0 Å². The molecule has 140 valence electrons. The summed E-state index contributed by atoms with van der Waals surface area (Å²) in [5.41, 5.74) is 2.11. The van der Waals surface area contributed by atoms with Crippen molar-refractivity contribution >= 4 is 22.4 Å². The first kappa shape index (κ1) is 19.9. The summed E-state index contributed by atoms with van der Waals surface area (Å²) in [6.07, 6.45) is 2.51. The van der Waals surface area contributed by atoms with Crippen LogP contribution in [0.25, 0.3) is 0 Å². The summed E-state index contributed by atoms with van der Waals surface area (Å²) in [5, 5.41) is 10.6. The number of nitro benzene ring substituents is 1. The summed E-state index contributed by atoms with van der Waals surface area (Å²) < 4.78 is 19.6. The third-order valence-electron chi connectivity index (χ3n) is 3.79. The molecule has 26 heavy (non-hydrogen) atoms. The highest BCUT2D eigenvalue weighted by molar-refractivity contribution is 7.85. The van der Waals surface area contributed by atoms with Gasteiger partial charge in [0.05, 0.1) is 4.92 Å². The van der Waals surface area contributed by atoms with E-state index in [1.54, 1.807) is 18.4 Å². The molecule has 0 aliphatic rings. The van der Waals surface area contributed by atoms with Gasteiger partial charge in [-0.15, -0.1) is 0 Å². The highest BCUT2D eigenvalue weighted by Crippen LogP contribution is 2.17. The van der Waals surface area contributed by atoms with Crippen molar-refractivity contribution in [3.05, 3.63) is 64.2 Å². The number of non-ortho nitro benzene ring substituents is 1. The third kappa shape index (κ3) is 6.81. The Morgan fingerprint density at radius 1 is 1.12 bits per heavy atom. The second-order valence-corrected chi connectivity index (χ2v) is 7.02. The van der Waals surface area contributed by atoms with E-state index in [1.807, 2.05) is 31.3 Å². The minimum absolute atomic E-state index is 0.0564. The van der Waals surface area contributed by atoms with Crippen LogP contribution in [0.4, 0.5) is 11.4 Å². The van der Waals surface area contributed by atoms with Crippen molar-refractivity contribution in [2.75, 3.05) is 37.7 Å². The zero-order chi connectivity index (χ0) is 18.9. The molecule has 0 saturated heterocycles. The highest BCUT2D eigenvalue weighted by Gasteiger charge is 2.05. The van der Waals surface area contributed by atoms with Gasteiger partial charge in [0.1, 0.15) is 23.3 Å². The molecule has 1 atom stereocenters. The standard InChI is InChI=1S/C18H23N3O4S/c1-20(12-11-15-3-5-16(6-4-15)19-26(2)24)13-14-25-18-9-7-17(8-10-18)21(22)23/h3-10,19H,11-14H2,1-2H3. The third-order valence-corrected chi connectivity index (χ3v) is 4.31. The van der Waals surface area contributed by atoms with Gasteiger partial charge in [0.2, 0.25) is 0 Å². The molecule has 7 nitrogen and oxygen atoms in total. The largest absolute Gasteiger partial charge is 0.492 e. The second kappa shape index (κ2) is 9.88. The molecule has 1 unspecified atom stereocenters. The maximum absolute atomic E-state index is 11.1. The van der Waals surface area contributed by atoms with Gasteiger partial charge in [-0.25, -0.2) is 4.21 Å². The average Bonchev–Trinajstić information content (AvgIpc) is 2.61. The van der Waals surface area contributed by atoms with Gasteiger partial charge in [-0.3, -0.25) is 10.1 Å². The SMILES string of the molecule is CN(CCOc1ccc([N+](=O)[O-])cc1)CCc1ccc(NS(C)=O)cc1. The average molecular weight is 377 g/mol. The molecule has 0 aliphatic carbocycles. The Kier molecular flexibility index (Phi) is 7.55. The molecule has 0 aliphatic heterocycles. The summed E-state index contributed by atoms with van der Waals surface area (Å²) >= 11 is 0. The number of hydrogen-bond donors (Lipinski definition) is 1. The molecule has 0 radical (unpaired) electrons. The lowest BCUT2D eigenvalue weighted by molar-refractivity contribution is -0.384. The lowest BCUT2D eigenvalue weighted by Crippen LogP contribution is -2.26. The minimum atomic E-state index is -1.06. The lowest BCUT2D eigenvalue weighted by Gasteiger charge is -2.17. The van der Waals surface area contributed by atoms with Crippen LogP contribution in [-0.4, -0.2) is 47.0 Å². The molecule has 0 saturated carbocycles. The lowest BCUT2D eigenvalue weighted by atomic mass is 10.1. The summed E-state index contributed by atoms with van der Waals surface area (Å²) in [6.45, 7) is 2.15. The molecule has 0 amide bonds. The number of hydrogen-bond acceptors (Lipinski definition) is 5. The first-order valence-electron chi connectivity index (χ1n) is 8.19. The van der Waals surface area contributed by atoms with Crippen molar-refractivity contribution in [3.8, 4) is 5.75 Å². The Balaban J connectivity index is 1.69. The number of likely N-dealkylation sites (N-methyl/N-ethyl adjacent to an activating group) is 1. The van der Waals surface area contributed by atoms with Crippen molar-refractivity contribution in [2.45, 2.75) is 6.42 Å². The Hall–Kier alpha value is -2.45. The van der Waals surface area contributed by atoms with Crippen molar-refractivity contribution in [1.82, 2.24) is 4.90 Å². The molecule has 0 fully saturated rings. The number of anilines is 1. The molecule has 1 N–H and O–H groups in total. The van der Waals surface area contributed by atoms with Crippen molar-refractivity contribution in [3.63, 3.8) is 0 Å². The van der Waals surface area contributed by atoms with E-state index in [9.17, 15) is 14.3 Å². The van der Waals surface area contributed by atoms with E-state index in [4.69, 9.17) is 4.74 Å². The van der Waals surface area contributed by atoms with E-state index in [1.165, 1.54) is 17.7 Å². The number of benzene rings is 2. The molecule has 2 rings (SSSR count). The van der Waals surface area contributed by atoms with Gasteiger partial charge in [0, 0.05) is 37.2 Å². The van der Waals surface area contributed by atoms with Crippen LogP contribution >= 0.6 is 0 Å². The predicted molar refractivity (Wildman–Crippen MR) is 104 cm³/mol. The van der Waals surface area contributed by atoms with Crippen LogP contribution in [0, 0.1) is 10.1 Å². The van der Waals surface area contributed by atoms with Gasteiger partial charge in [0.25, 0.3) is 5.69 Å². The van der Waals surface area contributed by atoms with E-state index in [0.717, 1.165) is 25.2 Å². The Morgan fingerprint density at radius 2 is 1.77 bits per heavy atom. The summed E-state index contributed by atoms with van der Waals surface area (Å²) in [5.74, 6) is 0.625. The normalized spacial score (nSPS) is 12.0. The van der Waals surface area contributed by atoms with Crippen molar-refractivity contribution < 1.29 is 13.9 Å². The van der Waals surface area contributed by atoms with E-state index in [2.05, 4.69) is 9.62 Å². The zero-order valence-electron chi connectivity index (χ0n) is 14.9. The van der Waals surface area contributed by atoms with E-state index in [0.29, 0.717) is 12.4 Å². The highest BCUT2D eigenvalue weighted by atomic mass is 32.2. The molecule has 2 aromatic rings. The maximum atomic E-state index is 11.1. The molecular formula is C18H23N3O4S. The van der Waals surface area contributed by atoms with E-state index >= 15 is 0 Å². The first-order valence-corrected chi connectivity index (χ1v) is 9.74. The van der Waals surface area contributed by atoms with Crippen LogP contribution in [0.3, 0.4) is 0 Å². The van der Waals surface area contributed by atoms with E-state index < -0.39 is 15.9 Å².